The van der Waals surface area contributed by atoms with Crippen LogP contribution in [0.1, 0.15) is 123 Å². The highest BCUT2D eigenvalue weighted by molar-refractivity contribution is 6.11. The number of fused-ring (bicyclic) bond motifs is 3. The fourth-order valence-electron chi connectivity index (χ4n) is 9.81. The Hall–Kier alpha value is -6.59. The molecule has 0 atom stereocenters. The minimum atomic E-state index is -0.369. The summed E-state index contributed by atoms with van der Waals surface area (Å²) in [5, 5.41) is 2.40. The van der Waals surface area contributed by atoms with Gasteiger partial charge in [0.25, 0.3) is 0 Å². The number of hydrogen-bond acceptors (Lipinski definition) is 4. The molecule has 5 heteroatoms. The van der Waals surface area contributed by atoms with E-state index in [-0.39, 0.29) is 27.1 Å². The maximum absolute atomic E-state index is 7.29. The fourth-order valence-corrected chi connectivity index (χ4v) is 9.81. The smallest absolute Gasteiger partial charge is 0.137 e. The SMILES string of the molecule is CC(C)(C)C1=CN(c2cccc(C(C)(C)c3ccccc3)c2)CN1c1cc(Oc2cc(C(C)(C)c3ccccc3)c3c4ccccc4n(-c4cc(C(C)(C)C)ccn4)c3c2)cc(C(C)(C)C)c1. The Morgan fingerprint density at radius 2 is 1.06 bits per heavy atom. The molecule has 5 nitrogen and oxygen atoms in total. The van der Waals surface area contributed by atoms with Gasteiger partial charge in [0.15, 0.2) is 0 Å². The zero-order valence-electron chi connectivity index (χ0n) is 42.0. The minimum Gasteiger partial charge on any atom is -0.457 e. The van der Waals surface area contributed by atoms with E-state index in [9.17, 15) is 0 Å². The van der Waals surface area contributed by atoms with Gasteiger partial charge in [-0.2, -0.15) is 0 Å². The predicted molar refractivity (Wildman–Crippen MR) is 283 cm³/mol. The van der Waals surface area contributed by atoms with Crippen LogP contribution in [-0.2, 0) is 21.7 Å². The van der Waals surface area contributed by atoms with Gasteiger partial charge in [-0.25, -0.2) is 4.98 Å². The van der Waals surface area contributed by atoms with Crippen molar-refractivity contribution >= 4 is 33.2 Å². The molecule has 2 aromatic heterocycles. The summed E-state index contributed by atoms with van der Waals surface area (Å²) in [7, 11) is 0. The van der Waals surface area contributed by atoms with Crippen LogP contribution < -0.4 is 14.5 Å². The topological polar surface area (TPSA) is 33.5 Å². The Morgan fingerprint density at radius 1 is 0.463 bits per heavy atom. The quantitative estimate of drug-likeness (QED) is 0.145. The van der Waals surface area contributed by atoms with E-state index < -0.39 is 0 Å². The number of anilines is 2. The Kier molecular flexibility index (Phi) is 11.3. The molecule has 0 aliphatic carbocycles. The third-order valence-corrected chi connectivity index (χ3v) is 14.1. The lowest BCUT2D eigenvalue weighted by atomic mass is 9.76. The van der Waals surface area contributed by atoms with Crippen LogP contribution in [0.4, 0.5) is 11.4 Å². The first-order valence-corrected chi connectivity index (χ1v) is 24.0. The maximum atomic E-state index is 7.29. The highest BCUT2D eigenvalue weighted by Gasteiger charge is 2.34. The molecule has 8 aromatic rings. The van der Waals surface area contributed by atoms with E-state index >= 15 is 0 Å². The van der Waals surface area contributed by atoms with E-state index in [0.29, 0.717) is 6.67 Å². The zero-order valence-corrected chi connectivity index (χ0v) is 42.0. The van der Waals surface area contributed by atoms with Crippen LogP contribution in [0, 0.1) is 5.41 Å². The van der Waals surface area contributed by atoms with Gasteiger partial charge < -0.3 is 14.5 Å². The molecule has 0 unspecified atom stereocenters. The number of rotatable bonds is 9. The summed E-state index contributed by atoms with van der Waals surface area (Å²) in [6.45, 7) is 30.6. The molecule has 0 saturated carbocycles. The molecule has 1 aliphatic heterocycles. The standard InChI is InChI=1S/C62H68N4O/c1-58(2,3)44-31-32-63-56(36-44)66-53-30-21-20-29-51(53)57-52(62(12,13)43-25-18-15-19-26-43)38-50(39-54(57)66)67-49-35-46(59(4,5)6)34-48(37-49)65-41-64(40-55(65)60(7,8)9)47-28-22-27-45(33-47)61(10,11)42-23-16-14-17-24-42/h14-40H,41H2,1-13H3. The average molecular weight is 885 g/mol. The minimum absolute atomic E-state index is 0.0430. The summed E-state index contributed by atoms with van der Waals surface area (Å²) in [5.41, 5.74) is 12.3. The third-order valence-electron chi connectivity index (χ3n) is 14.1. The molecular formula is C62H68N4O. The molecule has 0 fully saturated rings. The van der Waals surface area contributed by atoms with Crippen molar-refractivity contribution in [2.24, 2.45) is 5.41 Å². The van der Waals surface area contributed by atoms with Crippen molar-refractivity contribution < 1.29 is 4.74 Å². The zero-order chi connectivity index (χ0) is 47.7. The molecule has 0 amide bonds. The van der Waals surface area contributed by atoms with Crippen molar-refractivity contribution in [2.45, 2.75) is 112 Å². The van der Waals surface area contributed by atoms with E-state index in [1.807, 2.05) is 6.20 Å². The van der Waals surface area contributed by atoms with Gasteiger partial charge in [-0.3, -0.25) is 4.57 Å². The number of para-hydroxylation sites is 1. The van der Waals surface area contributed by atoms with Crippen molar-refractivity contribution in [3.05, 3.63) is 203 Å². The summed E-state index contributed by atoms with van der Waals surface area (Å²) < 4.78 is 9.63. The van der Waals surface area contributed by atoms with Crippen LogP contribution in [0.25, 0.3) is 27.6 Å². The van der Waals surface area contributed by atoms with Gasteiger partial charge in [-0.1, -0.05) is 181 Å². The number of hydrogen-bond donors (Lipinski definition) is 0. The van der Waals surface area contributed by atoms with Crippen molar-refractivity contribution in [1.82, 2.24) is 9.55 Å². The van der Waals surface area contributed by atoms with Gasteiger partial charge in [0, 0.05) is 68.6 Å². The number of benzene rings is 6. The summed E-state index contributed by atoms with van der Waals surface area (Å²) in [5.74, 6) is 2.48. The van der Waals surface area contributed by atoms with Crippen molar-refractivity contribution in [2.75, 3.05) is 16.5 Å². The van der Waals surface area contributed by atoms with Gasteiger partial charge in [0.2, 0.25) is 0 Å². The van der Waals surface area contributed by atoms with Crippen molar-refractivity contribution in [3.63, 3.8) is 0 Å². The molecule has 67 heavy (non-hydrogen) atoms. The number of aromatic nitrogens is 2. The number of pyridine rings is 1. The first-order valence-electron chi connectivity index (χ1n) is 24.0. The second-order valence-electron chi connectivity index (χ2n) is 22.8. The second kappa shape index (κ2) is 16.6. The van der Waals surface area contributed by atoms with E-state index in [1.165, 1.54) is 55.5 Å². The normalized spacial score (nSPS) is 14.0. The molecule has 0 radical (unpaired) electrons. The molecule has 0 bridgehead atoms. The van der Waals surface area contributed by atoms with E-state index in [4.69, 9.17) is 9.72 Å². The number of ether oxygens (including phenoxy) is 1. The fraction of sp³-hybridized carbons (Fsp3) is 0.306. The summed E-state index contributed by atoms with van der Waals surface area (Å²) in [6.07, 6.45) is 4.31. The van der Waals surface area contributed by atoms with Crippen LogP contribution in [-0.4, -0.2) is 16.2 Å². The Bertz CT molecular complexity index is 3130. The molecule has 0 spiro atoms. The van der Waals surface area contributed by atoms with Crippen LogP contribution in [0.3, 0.4) is 0 Å². The Morgan fingerprint density at radius 3 is 1.72 bits per heavy atom. The van der Waals surface area contributed by atoms with E-state index in [0.717, 1.165) is 34.0 Å². The summed E-state index contributed by atoms with van der Waals surface area (Å²) in [6, 6.07) is 55.3. The van der Waals surface area contributed by atoms with E-state index in [1.54, 1.807) is 0 Å². The molecule has 1 aliphatic rings. The van der Waals surface area contributed by atoms with Gasteiger partial charge in [-0.15, -0.1) is 0 Å². The van der Waals surface area contributed by atoms with Gasteiger partial charge in [-0.05, 0) is 92.7 Å². The van der Waals surface area contributed by atoms with Crippen molar-refractivity contribution in [3.8, 4) is 17.3 Å². The first kappa shape index (κ1) is 45.6. The highest BCUT2D eigenvalue weighted by Crippen LogP contribution is 2.47. The summed E-state index contributed by atoms with van der Waals surface area (Å²) >= 11 is 0. The lowest BCUT2D eigenvalue weighted by molar-refractivity contribution is 0.475. The second-order valence-corrected chi connectivity index (χ2v) is 22.8. The van der Waals surface area contributed by atoms with Crippen LogP contribution >= 0.6 is 0 Å². The van der Waals surface area contributed by atoms with E-state index in [2.05, 4.69) is 262 Å². The molecule has 6 aromatic carbocycles. The van der Waals surface area contributed by atoms with Crippen LogP contribution in [0.2, 0.25) is 0 Å². The molecule has 0 N–H and O–H groups in total. The lowest BCUT2D eigenvalue weighted by Crippen LogP contribution is -2.31. The number of allylic oxidation sites excluding steroid dienone is 1. The van der Waals surface area contributed by atoms with Gasteiger partial charge in [0.05, 0.1) is 17.7 Å². The molecule has 342 valence electrons. The maximum Gasteiger partial charge on any atom is 0.137 e. The average Bonchev–Trinajstić information content (AvgIpc) is 3.90. The molecule has 9 rings (SSSR count). The lowest BCUT2D eigenvalue weighted by Gasteiger charge is -2.32. The van der Waals surface area contributed by atoms with Gasteiger partial charge in [0.1, 0.15) is 17.3 Å². The Labute approximate surface area is 399 Å². The number of nitrogens with zero attached hydrogens (tertiary/aromatic N) is 4. The monoisotopic (exact) mass is 885 g/mol. The van der Waals surface area contributed by atoms with Crippen LogP contribution in [0.5, 0.6) is 11.5 Å². The largest absolute Gasteiger partial charge is 0.457 e. The molecular weight excluding hydrogens is 817 g/mol. The Balaban J connectivity index is 1.19. The van der Waals surface area contributed by atoms with Crippen LogP contribution in [0.15, 0.2) is 170 Å². The summed E-state index contributed by atoms with van der Waals surface area (Å²) in [4.78, 5) is 9.93. The first-order chi connectivity index (χ1) is 31.6. The highest BCUT2D eigenvalue weighted by atomic mass is 16.5. The predicted octanol–water partition coefficient (Wildman–Crippen LogP) is 16.4. The van der Waals surface area contributed by atoms with Gasteiger partial charge >= 0.3 is 0 Å². The third kappa shape index (κ3) is 8.66. The van der Waals surface area contributed by atoms with Crippen molar-refractivity contribution in [1.29, 1.82) is 0 Å². The molecule has 3 heterocycles. The molecule has 0 saturated heterocycles.